The van der Waals surface area contributed by atoms with Crippen molar-refractivity contribution >= 4 is 11.9 Å². The summed E-state index contributed by atoms with van der Waals surface area (Å²) >= 11 is 0. The number of hydrogen-bond donors (Lipinski definition) is 1. The minimum atomic E-state index is -0.136. The zero-order valence-corrected chi connectivity index (χ0v) is 15.4. The summed E-state index contributed by atoms with van der Waals surface area (Å²) in [6.45, 7) is 5.09. The van der Waals surface area contributed by atoms with E-state index in [1.807, 2.05) is 44.1 Å². The van der Waals surface area contributed by atoms with E-state index < -0.39 is 0 Å². The lowest BCUT2D eigenvalue weighted by molar-refractivity contribution is 0.0950. The summed E-state index contributed by atoms with van der Waals surface area (Å²) < 4.78 is 5.61. The van der Waals surface area contributed by atoms with Crippen LogP contribution in [0.15, 0.2) is 30.3 Å². The summed E-state index contributed by atoms with van der Waals surface area (Å²) in [6, 6.07) is 9.06. The Kier molecular flexibility index (Phi) is 6.74. The van der Waals surface area contributed by atoms with Gasteiger partial charge in [0.15, 0.2) is 0 Å². The van der Waals surface area contributed by atoms with E-state index in [1.54, 1.807) is 12.1 Å². The molecule has 0 atom stereocenters. The van der Waals surface area contributed by atoms with Gasteiger partial charge in [0, 0.05) is 25.4 Å². The van der Waals surface area contributed by atoms with Gasteiger partial charge in [-0.25, -0.2) is 9.97 Å². The van der Waals surface area contributed by atoms with Gasteiger partial charge >= 0.3 is 0 Å². The monoisotopic (exact) mass is 342 g/mol. The fraction of sp³-hybridized carbons (Fsp3) is 0.421. The van der Waals surface area contributed by atoms with E-state index in [2.05, 4.69) is 22.2 Å². The summed E-state index contributed by atoms with van der Waals surface area (Å²) in [4.78, 5) is 22.9. The van der Waals surface area contributed by atoms with E-state index in [1.165, 1.54) is 0 Å². The third-order valence-corrected chi connectivity index (χ3v) is 3.61. The van der Waals surface area contributed by atoms with Crippen LogP contribution < -0.4 is 15.0 Å². The zero-order chi connectivity index (χ0) is 18.2. The number of anilines is 1. The number of rotatable bonds is 8. The lowest BCUT2D eigenvalue weighted by Gasteiger charge is -2.13. The molecule has 0 radical (unpaired) electrons. The standard InChI is InChI=1S/C19H26N4O2/c1-5-6-11-25-17-9-7-15(8-10-17)18(24)20-13-16-12-14(2)21-19(22-16)23(3)4/h7-10,12H,5-6,11,13H2,1-4H3,(H,20,24). The summed E-state index contributed by atoms with van der Waals surface area (Å²) in [5.74, 6) is 1.28. The van der Waals surface area contributed by atoms with Crippen LogP contribution in [0, 0.1) is 6.92 Å². The van der Waals surface area contributed by atoms with Gasteiger partial charge in [0.05, 0.1) is 18.8 Å². The van der Waals surface area contributed by atoms with E-state index in [9.17, 15) is 4.79 Å². The molecule has 0 unspecified atom stereocenters. The summed E-state index contributed by atoms with van der Waals surface area (Å²) in [7, 11) is 3.78. The molecule has 2 rings (SSSR count). The van der Waals surface area contributed by atoms with Crippen molar-refractivity contribution in [2.24, 2.45) is 0 Å². The molecule has 1 aromatic heterocycles. The Morgan fingerprint density at radius 1 is 1.20 bits per heavy atom. The van der Waals surface area contributed by atoms with Crippen LogP contribution in [0.4, 0.5) is 5.95 Å². The van der Waals surface area contributed by atoms with Crippen molar-refractivity contribution in [2.45, 2.75) is 33.2 Å². The molecule has 0 aliphatic heterocycles. The summed E-state index contributed by atoms with van der Waals surface area (Å²) in [6.07, 6.45) is 2.12. The second-order valence-corrected chi connectivity index (χ2v) is 6.10. The van der Waals surface area contributed by atoms with Gasteiger partial charge in [0.25, 0.3) is 5.91 Å². The van der Waals surface area contributed by atoms with Gasteiger partial charge in [-0.3, -0.25) is 4.79 Å². The second-order valence-electron chi connectivity index (χ2n) is 6.10. The Morgan fingerprint density at radius 3 is 2.56 bits per heavy atom. The molecular formula is C19H26N4O2. The zero-order valence-electron chi connectivity index (χ0n) is 15.4. The quantitative estimate of drug-likeness (QED) is 0.747. The lowest BCUT2D eigenvalue weighted by atomic mass is 10.2. The van der Waals surface area contributed by atoms with E-state index in [4.69, 9.17) is 4.74 Å². The molecule has 0 bridgehead atoms. The number of aromatic nitrogens is 2. The second kappa shape index (κ2) is 9.01. The Morgan fingerprint density at radius 2 is 1.92 bits per heavy atom. The molecule has 134 valence electrons. The van der Waals surface area contributed by atoms with Gasteiger partial charge in [-0.05, 0) is 43.7 Å². The van der Waals surface area contributed by atoms with Crippen LogP contribution in [0.25, 0.3) is 0 Å². The van der Waals surface area contributed by atoms with Crippen molar-refractivity contribution in [1.82, 2.24) is 15.3 Å². The number of nitrogens with zero attached hydrogens (tertiary/aromatic N) is 3. The third kappa shape index (κ3) is 5.74. The van der Waals surface area contributed by atoms with Crippen LogP contribution in [-0.2, 0) is 6.54 Å². The Hall–Kier alpha value is -2.63. The highest BCUT2D eigenvalue weighted by Gasteiger charge is 2.08. The molecule has 6 heteroatoms. The first-order valence-electron chi connectivity index (χ1n) is 8.52. The van der Waals surface area contributed by atoms with Crippen LogP contribution in [0.3, 0.4) is 0 Å². The average Bonchev–Trinajstić information content (AvgIpc) is 2.60. The molecule has 0 aliphatic rings. The van der Waals surface area contributed by atoms with Crippen molar-refractivity contribution < 1.29 is 9.53 Å². The number of amides is 1. The predicted octanol–water partition coefficient (Wildman–Crippen LogP) is 2.96. The highest BCUT2D eigenvalue weighted by molar-refractivity contribution is 5.94. The first kappa shape index (κ1) is 18.7. The van der Waals surface area contributed by atoms with Gasteiger partial charge in [0.1, 0.15) is 5.75 Å². The predicted molar refractivity (Wildman–Crippen MR) is 99.1 cm³/mol. The van der Waals surface area contributed by atoms with Crippen molar-refractivity contribution in [1.29, 1.82) is 0 Å². The molecule has 6 nitrogen and oxygen atoms in total. The number of carbonyl (C=O) groups is 1. The molecule has 0 aliphatic carbocycles. The molecule has 1 amide bonds. The minimum Gasteiger partial charge on any atom is -0.494 e. The van der Waals surface area contributed by atoms with Crippen molar-refractivity contribution in [2.75, 3.05) is 25.6 Å². The number of benzene rings is 1. The van der Waals surface area contributed by atoms with Crippen LogP contribution in [0.5, 0.6) is 5.75 Å². The highest BCUT2D eigenvalue weighted by atomic mass is 16.5. The minimum absolute atomic E-state index is 0.136. The van der Waals surface area contributed by atoms with Crippen LogP contribution in [-0.4, -0.2) is 36.6 Å². The van der Waals surface area contributed by atoms with E-state index in [-0.39, 0.29) is 5.91 Å². The molecule has 2 aromatic rings. The molecule has 0 spiro atoms. The van der Waals surface area contributed by atoms with Gasteiger partial charge < -0.3 is 15.0 Å². The number of carbonyl (C=O) groups excluding carboxylic acids is 1. The Labute approximate surface area is 149 Å². The maximum atomic E-state index is 12.3. The fourth-order valence-electron chi connectivity index (χ4n) is 2.22. The topological polar surface area (TPSA) is 67.3 Å². The van der Waals surface area contributed by atoms with Crippen molar-refractivity contribution in [3.05, 3.63) is 47.3 Å². The smallest absolute Gasteiger partial charge is 0.251 e. The largest absolute Gasteiger partial charge is 0.494 e. The highest BCUT2D eigenvalue weighted by Crippen LogP contribution is 2.13. The number of nitrogens with one attached hydrogen (secondary N) is 1. The SMILES string of the molecule is CCCCOc1ccc(C(=O)NCc2cc(C)nc(N(C)C)n2)cc1. The van der Waals surface area contributed by atoms with Gasteiger partial charge in [-0.15, -0.1) is 0 Å². The molecule has 1 N–H and O–H groups in total. The summed E-state index contributed by atoms with van der Waals surface area (Å²) in [5, 5.41) is 2.89. The molecular weight excluding hydrogens is 316 g/mol. The maximum absolute atomic E-state index is 12.3. The number of aryl methyl sites for hydroxylation is 1. The molecule has 1 heterocycles. The normalized spacial score (nSPS) is 10.4. The van der Waals surface area contributed by atoms with Gasteiger partial charge in [-0.1, -0.05) is 13.3 Å². The third-order valence-electron chi connectivity index (χ3n) is 3.61. The van der Waals surface area contributed by atoms with E-state index in [0.717, 1.165) is 30.0 Å². The molecule has 1 aromatic carbocycles. The molecule has 25 heavy (non-hydrogen) atoms. The number of unbranched alkanes of at least 4 members (excludes halogenated alkanes) is 1. The first-order chi connectivity index (χ1) is 12.0. The summed E-state index contributed by atoms with van der Waals surface area (Å²) in [5.41, 5.74) is 2.25. The fourth-order valence-corrected chi connectivity index (χ4v) is 2.22. The number of ether oxygens (including phenoxy) is 1. The first-order valence-corrected chi connectivity index (χ1v) is 8.52. The Balaban J connectivity index is 1.94. The van der Waals surface area contributed by atoms with Gasteiger partial charge in [-0.2, -0.15) is 0 Å². The van der Waals surface area contributed by atoms with Crippen molar-refractivity contribution in [3.63, 3.8) is 0 Å². The maximum Gasteiger partial charge on any atom is 0.251 e. The molecule has 0 fully saturated rings. The van der Waals surface area contributed by atoms with E-state index in [0.29, 0.717) is 24.7 Å². The van der Waals surface area contributed by atoms with E-state index >= 15 is 0 Å². The lowest BCUT2D eigenvalue weighted by Crippen LogP contribution is -2.24. The van der Waals surface area contributed by atoms with Gasteiger partial charge in [0.2, 0.25) is 5.95 Å². The molecule has 0 saturated carbocycles. The van der Waals surface area contributed by atoms with Crippen LogP contribution >= 0.6 is 0 Å². The van der Waals surface area contributed by atoms with Crippen LogP contribution in [0.2, 0.25) is 0 Å². The average molecular weight is 342 g/mol. The molecule has 0 saturated heterocycles. The Bertz CT molecular complexity index is 699. The van der Waals surface area contributed by atoms with Crippen molar-refractivity contribution in [3.8, 4) is 5.75 Å². The number of hydrogen-bond acceptors (Lipinski definition) is 5. The van der Waals surface area contributed by atoms with Crippen LogP contribution in [0.1, 0.15) is 41.5 Å².